The molecule has 0 amide bonds. The molecule has 0 aliphatic heterocycles. The summed E-state index contributed by atoms with van der Waals surface area (Å²) in [5.74, 6) is -1.74. The van der Waals surface area contributed by atoms with Gasteiger partial charge >= 0.3 is 11.9 Å². The average Bonchev–Trinajstić information content (AvgIpc) is 2.00. The zero-order valence-corrected chi connectivity index (χ0v) is 9.83. The van der Waals surface area contributed by atoms with Gasteiger partial charge in [-0.2, -0.15) is 0 Å². The Morgan fingerprint density at radius 1 is 1.13 bits per heavy atom. The molecule has 1 atom stereocenters. The van der Waals surface area contributed by atoms with Gasteiger partial charge in [-0.05, 0) is 25.2 Å². The molecule has 15 heavy (non-hydrogen) atoms. The molecule has 0 spiro atoms. The van der Waals surface area contributed by atoms with E-state index in [1.807, 2.05) is 6.92 Å². The van der Waals surface area contributed by atoms with E-state index in [1.54, 1.807) is 20.8 Å². The molecule has 0 aromatic rings. The summed E-state index contributed by atoms with van der Waals surface area (Å²) >= 11 is 0. The smallest absolute Gasteiger partial charge is 0.309 e. The molecule has 0 bridgehead atoms. The first-order valence-electron chi connectivity index (χ1n) is 5.08. The number of carbonyl (C=O) groups is 2. The summed E-state index contributed by atoms with van der Waals surface area (Å²) in [7, 11) is 0. The predicted molar refractivity (Wildman–Crippen MR) is 56.7 cm³/mol. The minimum Gasteiger partial charge on any atom is -0.481 e. The second-order valence-corrected chi connectivity index (χ2v) is 5.13. The number of carboxylic acids is 2. The molecule has 2 N–H and O–H groups in total. The lowest BCUT2D eigenvalue weighted by Crippen LogP contribution is -2.33. The highest BCUT2D eigenvalue weighted by Crippen LogP contribution is 2.38. The summed E-state index contributed by atoms with van der Waals surface area (Å²) in [6, 6.07) is 0. The van der Waals surface area contributed by atoms with Crippen LogP contribution in [0, 0.1) is 10.8 Å². The van der Waals surface area contributed by atoms with E-state index in [-0.39, 0.29) is 6.42 Å². The minimum absolute atomic E-state index is 0.00410. The van der Waals surface area contributed by atoms with Gasteiger partial charge < -0.3 is 10.2 Å². The van der Waals surface area contributed by atoms with Crippen molar-refractivity contribution in [3.8, 4) is 0 Å². The van der Waals surface area contributed by atoms with E-state index >= 15 is 0 Å². The molecule has 88 valence electrons. The van der Waals surface area contributed by atoms with E-state index in [0.717, 1.165) is 0 Å². The second kappa shape index (κ2) is 4.64. The Bertz CT molecular complexity index is 257. The van der Waals surface area contributed by atoms with Crippen LogP contribution in [0.3, 0.4) is 0 Å². The van der Waals surface area contributed by atoms with Crippen LogP contribution in [-0.2, 0) is 9.59 Å². The quantitative estimate of drug-likeness (QED) is 0.714. The van der Waals surface area contributed by atoms with Crippen molar-refractivity contribution in [1.29, 1.82) is 0 Å². The molecule has 0 aromatic heterocycles. The third-order valence-electron chi connectivity index (χ3n) is 2.80. The monoisotopic (exact) mass is 216 g/mol. The maximum atomic E-state index is 11.1. The molecule has 0 rings (SSSR count). The topological polar surface area (TPSA) is 74.6 Å². The fourth-order valence-corrected chi connectivity index (χ4v) is 1.88. The van der Waals surface area contributed by atoms with Crippen molar-refractivity contribution in [3.63, 3.8) is 0 Å². The van der Waals surface area contributed by atoms with Gasteiger partial charge in [0.25, 0.3) is 0 Å². The van der Waals surface area contributed by atoms with Gasteiger partial charge in [-0.3, -0.25) is 9.59 Å². The van der Waals surface area contributed by atoms with E-state index in [2.05, 4.69) is 0 Å². The predicted octanol–water partition coefficient (Wildman–Crippen LogP) is 2.38. The van der Waals surface area contributed by atoms with Crippen LogP contribution in [-0.4, -0.2) is 22.2 Å². The van der Waals surface area contributed by atoms with Gasteiger partial charge in [-0.1, -0.05) is 20.8 Å². The van der Waals surface area contributed by atoms with E-state index in [1.165, 1.54) is 0 Å². The number of hydrogen-bond acceptors (Lipinski definition) is 2. The molecule has 0 aliphatic carbocycles. The molecular formula is C11H20O4. The normalized spacial score (nSPS) is 15.7. The van der Waals surface area contributed by atoms with Gasteiger partial charge in [-0.25, -0.2) is 0 Å². The van der Waals surface area contributed by atoms with Crippen LogP contribution in [0.2, 0.25) is 0 Å². The molecule has 4 heteroatoms. The third-order valence-corrected chi connectivity index (χ3v) is 2.80. The maximum absolute atomic E-state index is 11.1. The van der Waals surface area contributed by atoms with Crippen molar-refractivity contribution in [2.45, 2.75) is 47.0 Å². The largest absolute Gasteiger partial charge is 0.481 e. The lowest BCUT2D eigenvalue weighted by atomic mass is 9.71. The molecular weight excluding hydrogens is 196 g/mol. The van der Waals surface area contributed by atoms with Crippen LogP contribution < -0.4 is 0 Å². The van der Waals surface area contributed by atoms with Crippen molar-refractivity contribution in [3.05, 3.63) is 0 Å². The Balaban J connectivity index is 4.67. The summed E-state index contributed by atoms with van der Waals surface area (Å²) in [5.41, 5.74) is -1.33. The number of carboxylic acid groups (broad SMARTS) is 2. The third kappa shape index (κ3) is 4.32. The number of rotatable bonds is 6. The van der Waals surface area contributed by atoms with Crippen LogP contribution in [0.25, 0.3) is 0 Å². The molecule has 0 heterocycles. The van der Waals surface area contributed by atoms with Crippen LogP contribution >= 0.6 is 0 Å². The molecule has 0 aliphatic rings. The Kier molecular flexibility index (Phi) is 4.31. The average molecular weight is 216 g/mol. The number of aliphatic carboxylic acids is 2. The lowest BCUT2D eigenvalue weighted by Gasteiger charge is -2.32. The van der Waals surface area contributed by atoms with Gasteiger partial charge in [0.05, 0.1) is 11.8 Å². The highest BCUT2D eigenvalue weighted by Gasteiger charge is 2.38. The fraction of sp³-hybridized carbons (Fsp3) is 0.818. The van der Waals surface area contributed by atoms with Crippen LogP contribution in [0.1, 0.15) is 47.0 Å². The molecule has 0 radical (unpaired) electrons. The van der Waals surface area contributed by atoms with E-state index < -0.39 is 22.8 Å². The highest BCUT2D eigenvalue weighted by molar-refractivity contribution is 5.74. The van der Waals surface area contributed by atoms with E-state index in [9.17, 15) is 9.59 Å². The van der Waals surface area contributed by atoms with Gasteiger partial charge in [0.1, 0.15) is 0 Å². The van der Waals surface area contributed by atoms with Gasteiger partial charge in [0.2, 0.25) is 0 Å². The zero-order chi connectivity index (χ0) is 12.3. The first-order chi connectivity index (χ1) is 6.63. The molecule has 1 unspecified atom stereocenters. The van der Waals surface area contributed by atoms with Crippen molar-refractivity contribution in [2.75, 3.05) is 0 Å². The van der Waals surface area contributed by atoms with Gasteiger partial charge in [0.15, 0.2) is 0 Å². The van der Waals surface area contributed by atoms with Crippen molar-refractivity contribution in [1.82, 2.24) is 0 Å². The standard InChI is InChI=1S/C11H20O4/c1-5-11(4,9(14)15)7-10(2,3)6-8(12)13/h5-7H2,1-4H3,(H,12,13)(H,14,15). The first kappa shape index (κ1) is 13.9. The Labute approximate surface area is 90.3 Å². The fourth-order valence-electron chi connectivity index (χ4n) is 1.88. The van der Waals surface area contributed by atoms with Crippen molar-refractivity contribution >= 4 is 11.9 Å². The molecule has 4 nitrogen and oxygen atoms in total. The summed E-state index contributed by atoms with van der Waals surface area (Å²) in [6.07, 6.45) is 0.874. The minimum atomic E-state index is -0.885. The van der Waals surface area contributed by atoms with Crippen LogP contribution in [0.15, 0.2) is 0 Å². The Morgan fingerprint density at radius 3 is 1.87 bits per heavy atom. The molecule has 0 fully saturated rings. The Morgan fingerprint density at radius 2 is 1.60 bits per heavy atom. The lowest BCUT2D eigenvalue weighted by molar-refractivity contribution is -0.151. The molecule has 0 saturated carbocycles. The first-order valence-corrected chi connectivity index (χ1v) is 5.08. The van der Waals surface area contributed by atoms with Crippen molar-refractivity contribution in [2.24, 2.45) is 10.8 Å². The second-order valence-electron chi connectivity index (χ2n) is 5.13. The summed E-state index contributed by atoms with van der Waals surface area (Å²) in [5, 5.41) is 17.8. The van der Waals surface area contributed by atoms with Crippen LogP contribution in [0.5, 0.6) is 0 Å². The highest BCUT2D eigenvalue weighted by atomic mass is 16.4. The molecule has 0 saturated heterocycles. The zero-order valence-electron chi connectivity index (χ0n) is 9.83. The molecule has 0 aromatic carbocycles. The van der Waals surface area contributed by atoms with Gasteiger partial charge in [-0.15, -0.1) is 0 Å². The van der Waals surface area contributed by atoms with Crippen molar-refractivity contribution < 1.29 is 19.8 Å². The maximum Gasteiger partial charge on any atom is 0.309 e. The van der Waals surface area contributed by atoms with Gasteiger partial charge in [0, 0.05) is 0 Å². The summed E-state index contributed by atoms with van der Waals surface area (Å²) in [6.45, 7) is 7.06. The van der Waals surface area contributed by atoms with Crippen LogP contribution in [0.4, 0.5) is 0 Å². The van der Waals surface area contributed by atoms with E-state index in [0.29, 0.717) is 12.8 Å². The summed E-state index contributed by atoms with van der Waals surface area (Å²) in [4.78, 5) is 21.7. The SMILES string of the molecule is CCC(C)(CC(C)(C)CC(=O)O)C(=O)O. The summed E-state index contributed by atoms with van der Waals surface area (Å²) < 4.78 is 0. The van der Waals surface area contributed by atoms with E-state index in [4.69, 9.17) is 10.2 Å². The number of hydrogen-bond donors (Lipinski definition) is 2. The Hall–Kier alpha value is -1.06.